The third-order valence-corrected chi connectivity index (χ3v) is 5.28. The predicted molar refractivity (Wildman–Crippen MR) is 92.4 cm³/mol. The molecule has 1 fully saturated rings. The van der Waals surface area contributed by atoms with Crippen LogP contribution < -0.4 is 11.1 Å². The number of aryl methyl sites for hydroxylation is 1. The largest absolute Gasteiger partial charge is 0.383 e. The number of nitrogens with two attached hydrogens (primary N) is 1. The molecule has 0 aliphatic carbocycles. The number of nitrogens with zero attached hydrogens (tertiary/aromatic N) is 2. The molecule has 2 heterocycles. The molecule has 1 aromatic heterocycles. The number of methoxy groups -OCH3 is 1. The van der Waals surface area contributed by atoms with Crippen molar-refractivity contribution in [2.75, 3.05) is 33.4 Å². The number of rotatable bonds is 8. The first-order chi connectivity index (χ1) is 11.1. The number of thiazole rings is 1. The fourth-order valence-corrected chi connectivity index (χ4v) is 3.53. The standard InChI is InChI=1S/C16H28N4O2S/c1-3-15-19-13(11-23-15)9-20-6-4-12(5-7-20)8-18-16(21)14(17)10-22-2/h11-12,14H,3-10,17H2,1-2H3,(H,18,21). The molecule has 1 unspecified atom stereocenters. The monoisotopic (exact) mass is 340 g/mol. The Hall–Kier alpha value is -1.02. The minimum atomic E-state index is -0.572. The molecule has 2 rings (SSSR count). The van der Waals surface area contributed by atoms with Crippen LogP contribution in [0.25, 0.3) is 0 Å². The lowest BCUT2D eigenvalue weighted by atomic mass is 9.96. The first-order valence-electron chi connectivity index (χ1n) is 8.30. The van der Waals surface area contributed by atoms with E-state index in [1.165, 1.54) is 10.7 Å². The van der Waals surface area contributed by atoms with Crippen molar-refractivity contribution in [1.82, 2.24) is 15.2 Å². The highest BCUT2D eigenvalue weighted by Gasteiger charge is 2.21. The summed E-state index contributed by atoms with van der Waals surface area (Å²) in [5, 5.41) is 6.32. The molecule has 3 N–H and O–H groups in total. The van der Waals surface area contributed by atoms with Crippen molar-refractivity contribution in [3.63, 3.8) is 0 Å². The van der Waals surface area contributed by atoms with Crippen molar-refractivity contribution in [3.05, 3.63) is 16.1 Å². The lowest BCUT2D eigenvalue weighted by molar-refractivity contribution is -0.123. The van der Waals surface area contributed by atoms with E-state index in [0.717, 1.165) is 38.9 Å². The Bertz CT molecular complexity index is 486. The Morgan fingerprint density at radius 3 is 2.91 bits per heavy atom. The zero-order valence-electron chi connectivity index (χ0n) is 14.1. The second-order valence-corrected chi connectivity index (χ2v) is 7.06. The van der Waals surface area contributed by atoms with Gasteiger partial charge in [-0.05, 0) is 38.3 Å². The number of piperidine rings is 1. The summed E-state index contributed by atoms with van der Waals surface area (Å²) < 4.78 is 4.90. The summed E-state index contributed by atoms with van der Waals surface area (Å²) in [7, 11) is 1.55. The molecule has 0 radical (unpaired) electrons. The number of aromatic nitrogens is 1. The van der Waals surface area contributed by atoms with E-state index in [1.54, 1.807) is 18.4 Å². The Morgan fingerprint density at radius 2 is 2.30 bits per heavy atom. The zero-order chi connectivity index (χ0) is 16.7. The quantitative estimate of drug-likeness (QED) is 0.738. The molecule has 0 spiro atoms. The van der Waals surface area contributed by atoms with Crippen LogP contribution in [-0.4, -0.2) is 55.2 Å². The second-order valence-electron chi connectivity index (χ2n) is 6.11. The molecule has 1 saturated heterocycles. The van der Waals surface area contributed by atoms with E-state index in [1.807, 2.05) is 0 Å². The molecule has 6 nitrogen and oxygen atoms in total. The molecule has 130 valence electrons. The van der Waals surface area contributed by atoms with E-state index in [2.05, 4.69) is 27.5 Å². The molecule has 0 saturated carbocycles. The van der Waals surface area contributed by atoms with Gasteiger partial charge in [0.05, 0.1) is 17.3 Å². The molecule has 7 heteroatoms. The summed E-state index contributed by atoms with van der Waals surface area (Å²) in [6.07, 6.45) is 3.22. The first-order valence-corrected chi connectivity index (χ1v) is 9.18. The maximum atomic E-state index is 11.8. The van der Waals surface area contributed by atoms with Crippen LogP contribution in [0.1, 0.15) is 30.5 Å². The number of hydrogen-bond donors (Lipinski definition) is 2. The maximum absolute atomic E-state index is 11.8. The van der Waals surface area contributed by atoms with E-state index < -0.39 is 6.04 Å². The highest BCUT2D eigenvalue weighted by Crippen LogP contribution is 2.19. The van der Waals surface area contributed by atoms with Crippen molar-refractivity contribution in [1.29, 1.82) is 0 Å². The highest BCUT2D eigenvalue weighted by molar-refractivity contribution is 7.09. The van der Waals surface area contributed by atoms with Gasteiger partial charge in [0.25, 0.3) is 0 Å². The summed E-state index contributed by atoms with van der Waals surface area (Å²) in [5.41, 5.74) is 6.90. The summed E-state index contributed by atoms with van der Waals surface area (Å²) >= 11 is 1.75. The van der Waals surface area contributed by atoms with Gasteiger partial charge in [-0.25, -0.2) is 4.98 Å². The fourth-order valence-electron chi connectivity index (χ4n) is 2.79. The highest BCUT2D eigenvalue weighted by atomic mass is 32.1. The Balaban J connectivity index is 1.66. The van der Waals surface area contributed by atoms with Crippen LogP contribution in [0.15, 0.2) is 5.38 Å². The second kappa shape index (κ2) is 9.32. The molecule has 1 aromatic rings. The van der Waals surface area contributed by atoms with Gasteiger partial charge in [-0.1, -0.05) is 6.92 Å². The number of nitrogens with one attached hydrogen (secondary N) is 1. The van der Waals surface area contributed by atoms with E-state index in [4.69, 9.17) is 10.5 Å². The number of amides is 1. The van der Waals surface area contributed by atoms with Gasteiger partial charge in [-0.2, -0.15) is 0 Å². The first kappa shape index (κ1) is 18.3. The maximum Gasteiger partial charge on any atom is 0.239 e. The minimum absolute atomic E-state index is 0.121. The van der Waals surface area contributed by atoms with Crippen molar-refractivity contribution in [2.24, 2.45) is 11.7 Å². The molecular formula is C16H28N4O2S. The van der Waals surface area contributed by atoms with Crippen LogP contribution >= 0.6 is 11.3 Å². The van der Waals surface area contributed by atoms with Gasteiger partial charge >= 0.3 is 0 Å². The van der Waals surface area contributed by atoms with Crippen molar-refractivity contribution < 1.29 is 9.53 Å². The van der Waals surface area contributed by atoms with Crippen molar-refractivity contribution in [3.8, 4) is 0 Å². The number of carbonyl (C=O) groups excluding carboxylic acids is 1. The van der Waals surface area contributed by atoms with Gasteiger partial charge in [0.2, 0.25) is 5.91 Å². The normalized spacial score (nSPS) is 18.0. The molecule has 0 aromatic carbocycles. The van der Waals surface area contributed by atoms with Crippen LogP contribution in [0, 0.1) is 5.92 Å². The number of ether oxygens (including phenoxy) is 1. The minimum Gasteiger partial charge on any atom is -0.383 e. The summed E-state index contributed by atoms with van der Waals surface area (Å²) in [5.74, 6) is 0.412. The zero-order valence-corrected chi connectivity index (χ0v) is 14.9. The van der Waals surface area contributed by atoms with E-state index >= 15 is 0 Å². The third-order valence-electron chi connectivity index (χ3n) is 4.24. The topological polar surface area (TPSA) is 80.5 Å². The van der Waals surface area contributed by atoms with E-state index in [9.17, 15) is 4.79 Å². The van der Waals surface area contributed by atoms with Crippen molar-refractivity contribution in [2.45, 2.75) is 38.8 Å². The summed E-state index contributed by atoms with van der Waals surface area (Å²) in [6.45, 7) is 6.17. The number of likely N-dealkylation sites (tertiary alicyclic amines) is 1. The van der Waals surface area contributed by atoms with E-state index in [-0.39, 0.29) is 12.5 Å². The lowest BCUT2D eigenvalue weighted by Crippen LogP contribution is -2.46. The van der Waals surface area contributed by atoms with Crippen LogP contribution in [0.5, 0.6) is 0 Å². The van der Waals surface area contributed by atoms with Gasteiger partial charge in [0, 0.05) is 25.6 Å². The summed E-state index contributed by atoms with van der Waals surface area (Å²) in [6, 6.07) is -0.572. The summed E-state index contributed by atoms with van der Waals surface area (Å²) in [4.78, 5) is 18.9. The lowest BCUT2D eigenvalue weighted by Gasteiger charge is -2.31. The third kappa shape index (κ3) is 5.84. The SMILES string of the molecule is CCc1nc(CN2CCC(CNC(=O)C(N)COC)CC2)cs1. The molecule has 1 atom stereocenters. The van der Waals surface area contributed by atoms with Crippen LogP contribution in [-0.2, 0) is 22.5 Å². The van der Waals surface area contributed by atoms with Gasteiger partial charge in [-0.3, -0.25) is 9.69 Å². The van der Waals surface area contributed by atoms with Crippen LogP contribution in [0.4, 0.5) is 0 Å². The Morgan fingerprint density at radius 1 is 1.57 bits per heavy atom. The Labute approximate surface area is 142 Å². The van der Waals surface area contributed by atoms with Gasteiger partial charge < -0.3 is 15.8 Å². The average Bonchev–Trinajstić information content (AvgIpc) is 3.01. The van der Waals surface area contributed by atoms with Crippen LogP contribution in [0.2, 0.25) is 0 Å². The average molecular weight is 340 g/mol. The molecule has 1 amide bonds. The van der Waals surface area contributed by atoms with Crippen LogP contribution in [0.3, 0.4) is 0 Å². The van der Waals surface area contributed by atoms with Gasteiger partial charge in [-0.15, -0.1) is 11.3 Å². The predicted octanol–water partition coefficient (Wildman–Crippen LogP) is 1.01. The van der Waals surface area contributed by atoms with E-state index in [0.29, 0.717) is 12.5 Å². The molecule has 1 aliphatic heterocycles. The van der Waals surface area contributed by atoms with Crippen molar-refractivity contribution >= 4 is 17.2 Å². The number of carbonyl (C=O) groups is 1. The number of hydrogen-bond acceptors (Lipinski definition) is 6. The molecule has 1 aliphatic rings. The fraction of sp³-hybridized carbons (Fsp3) is 0.750. The molecular weight excluding hydrogens is 312 g/mol. The van der Waals surface area contributed by atoms with Gasteiger partial charge in [0.15, 0.2) is 0 Å². The Kier molecular flexibility index (Phi) is 7.42. The molecule has 23 heavy (non-hydrogen) atoms. The molecule has 0 bridgehead atoms. The van der Waals surface area contributed by atoms with Gasteiger partial charge in [0.1, 0.15) is 6.04 Å². The smallest absolute Gasteiger partial charge is 0.239 e.